The van der Waals surface area contributed by atoms with E-state index in [2.05, 4.69) is 0 Å². The zero-order valence-corrected chi connectivity index (χ0v) is 20.6. The third kappa shape index (κ3) is 3.85. The van der Waals surface area contributed by atoms with Crippen molar-refractivity contribution in [1.82, 2.24) is 9.80 Å². The van der Waals surface area contributed by atoms with E-state index in [1.165, 1.54) is 6.07 Å². The predicted molar refractivity (Wildman–Crippen MR) is 137 cm³/mol. The maximum atomic E-state index is 15.5. The molecule has 4 aliphatic rings. The number of nitrogens with two attached hydrogens (primary N) is 1. The van der Waals surface area contributed by atoms with Gasteiger partial charge >= 0.3 is 0 Å². The highest BCUT2D eigenvalue weighted by Crippen LogP contribution is 2.46. The first kappa shape index (κ1) is 22.7. The van der Waals surface area contributed by atoms with Gasteiger partial charge in [0.1, 0.15) is 28.5 Å². The fourth-order valence-corrected chi connectivity index (χ4v) is 5.78. The molecule has 1 atom stereocenters. The second-order valence-electron chi connectivity index (χ2n) is 11.0. The van der Waals surface area contributed by atoms with Crippen LogP contribution >= 0.6 is 0 Å². The molecule has 37 heavy (non-hydrogen) atoms. The highest BCUT2D eigenvalue weighted by molar-refractivity contribution is 6.16. The lowest BCUT2D eigenvalue weighted by atomic mass is 10.0. The van der Waals surface area contributed by atoms with E-state index >= 15 is 4.39 Å². The van der Waals surface area contributed by atoms with Gasteiger partial charge in [0.15, 0.2) is 0 Å². The van der Waals surface area contributed by atoms with E-state index in [-0.39, 0.29) is 29.5 Å². The lowest BCUT2D eigenvalue weighted by Crippen LogP contribution is -2.41. The van der Waals surface area contributed by atoms with Crippen molar-refractivity contribution in [3.8, 4) is 11.1 Å². The summed E-state index contributed by atoms with van der Waals surface area (Å²) < 4.78 is 21.1. The number of aliphatic imine (C=N–C) groups is 1. The largest absolute Gasteiger partial charge is 0.460 e. The van der Waals surface area contributed by atoms with Gasteiger partial charge in [0, 0.05) is 42.1 Å². The molecule has 7 rings (SSSR count). The molecule has 2 saturated carbocycles. The molecule has 0 bridgehead atoms. The average Bonchev–Trinajstić information content (AvgIpc) is 3.79. The molecule has 2 aliphatic carbocycles. The van der Waals surface area contributed by atoms with Crippen molar-refractivity contribution in [3.63, 3.8) is 0 Å². The molecule has 1 spiro atoms. The second kappa shape index (κ2) is 8.25. The number of amidine groups is 1. The van der Waals surface area contributed by atoms with E-state index in [1.54, 1.807) is 11.0 Å². The van der Waals surface area contributed by atoms with Crippen LogP contribution in [0.25, 0.3) is 22.1 Å². The Hall–Kier alpha value is -3.52. The van der Waals surface area contributed by atoms with E-state index in [9.17, 15) is 9.59 Å². The van der Waals surface area contributed by atoms with Crippen LogP contribution in [-0.2, 0) is 16.1 Å². The van der Waals surface area contributed by atoms with Crippen LogP contribution in [0, 0.1) is 17.7 Å². The smallest absolute Gasteiger partial charge is 0.256 e. The first-order chi connectivity index (χ1) is 17.9. The summed E-state index contributed by atoms with van der Waals surface area (Å²) in [5.41, 5.74) is 7.56. The number of benzene rings is 2. The van der Waals surface area contributed by atoms with Crippen LogP contribution < -0.4 is 5.73 Å². The molecule has 3 heterocycles. The van der Waals surface area contributed by atoms with Gasteiger partial charge in [-0.1, -0.05) is 18.2 Å². The summed E-state index contributed by atoms with van der Waals surface area (Å²) in [6.07, 6.45) is 4.34. The van der Waals surface area contributed by atoms with Crippen molar-refractivity contribution in [1.29, 1.82) is 0 Å². The van der Waals surface area contributed by atoms with Gasteiger partial charge in [-0.25, -0.2) is 4.39 Å². The Kier molecular flexibility index (Phi) is 5.05. The molecule has 0 radical (unpaired) electrons. The van der Waals surface area contributed by atoms with E-state index in [0.29, 0.717) is 42.4 Å². The standard InChI is InChI=1S/C29H29FN4O3/c30-24-13-20(3-5-23(24)19-4-6-25-21(11-19)12-22(14-31)37-25)26-32-29(8-9-29)28(36)34(26)16-17-7-10-33(15-17)27(35)18-1-2-18/h3-6,11-13,17-18H,1-2,7-10,14-16,31H2/t17-/m1/s1. The molecule has 8 heteroatoms. The number of nitrogens with zero attached hydrogens (tertiary/aromatic N) is 3. The zero-order chi connectivity index (χ0) is 25.3. The van der Waals surface area contributed by atoms with Crippen LogP contribution in [0.3, 0.4) is 0 Å². The van der Waals surface area contributed by atoms with Crippen LogP contribution in [0.1, 0.15) is 43.4 Å². The first-order valence-corrected chi connectivity index (χ1v) is 13.2. The first-order valence-electron chi connectivity index (χ1n) is 13.2. The minimum atomic E-state index is -0.667. The van der Waals surface area contributed by atoms with Gasteiger partial charge in [0.05, 0.1) is 6.54 Å². The van der Waals surface area contributed by atoms with E-state index in [4.69, 9.17) is 15.1 Å². The summed E-state index contributed by atoms with van der Waals surface area (Å²) in [5, 5.41) is 0.875. The Morgan fingerprint density at radius 2 is 1.92 bits per heavy atom. The highest BCUT2D eigenvalue weighted by atomic mass is 19.1. The maximum Gasteiger partial charge on any atom is 0.256 e. The number of halogens is 1. The van der Waals surface area contributed by atoms with Gasteiger partial charge in [0.2, 0.25) is 5.91 Å². The van der Waals surface area contributed by atoms with E-state index < -0.39 is 5.54 Å². The molecule has 1 saturated heterocycles. The van der Waals surface area contributed by atoms with Crippen molar-refractivity contribution in [2.45, 2.75) is 44.2 Å². The highest BCUT2D eigenvalue weighted by Gasteiger charge is 2.57. The van der Waals surface area contributed by atoms with E-state index in [1.807, 2.05) is 35.2 Å². The fraction of sp³-hybridized carbons (Fsp3) is 0.414. The number of hydrogen-bond acceptors (Lipinski definition) is 5. The van der Waals surface area contributed by atoms with Gasteiger partial charge in [0.25, 0.3) is 5.91 Å². The van der Waals surface area contributed by atoms with Crippen molar-refractivity contribution in [2.75, 3.05) is 19.6 Å². The van der Waals surface area contributed by atoms with Gasteiger partial charge in [-0.2, -0.15) is 0 Å². The molecule has 2 aromatic carbocycles. The molecule has 1 aromatic heterocycles. The molecule has 7 nitrogen and oxygen atoms in total. The number of furan rings is 1. The minimum Gasteiger partial charge on any atom is -0.460 e. The normalized spacial score (nSPS) is 22.4. The van der Waals surface area contributed by atoms with Crippen LogP contribution in [-0.4, -0.2) is 52.6 Å². The fourth-order valence-electron chi connectivity index (χ4n) is 5.78. The van der Waals surface area contributed by atoms with Crippen molar-refractivity contribution >= 4 is 28.6 Å². The third-order valence-electron chi connectivity index (χ3n) is 8.21. The topological polar surface area (TPSA) is 92.1 Å². The Labute approximate surface area is 214 Å². The number of carbonyl (C=O) groups excluding carboxylic acids is 2. The minimum absolute atomic E-state index is 0.0140. The lowest BCUT2D eigenvalue weighted by molar-refractivity contribution is -0.131. The number of carbonyl (C=O) groups is 2. The van der Waals surface area contributed by atoms with Gasteiger partial charge in [-0.05, 0) is 67.9 Å². The molecule has 3 fully saturated rings. The predicted octanol–water partition coefficient (Wildman–Crippen LogP) is 4.08. The van der Waals surface area contributed by atoms with Gasteiger partial charge in [-0.3, -0.25) is 19.5 Å². The quantitative estimate of drug-likeness (QED) is 0.552. The molecule has 2 aliphatic heterocycles. The third-order valence-corrected chi connectivity index (χ3v) is 8.21. The SMILES string of the molecule is NCc1cc2cc(-c3ccc(C4=NC5(CC5)C(=O)N4C[C@@H]4CCN(C(=O)C5CC5)C4)cc3F)ccc2o1. The number of amides is 2. The molecule has 2 N–H and O–H groups in total. The number of likely N-dealkylation sites (tertiary alicyclic amines) is 1. The Morgan fingerprint density at radius 3 is 2.65 bits per heavy atom. The second-order valence-corrected chi connectivity index (χ2v) is 11.0. The number of rotatable bonds is 6. The Balaban J connectivity index is 1.14. The van der Waals surface area contributed by atoms with Crippen LogP contribution in [0.2, 0.25) is 0 Å². The van der Waals surface area contributed by atoms with Crippen molar-refractivity contribution in [3.05, 3.63) is 59.6 Å². The summed E-state index contributed by atoms with van der Waals surface area (Å²) in [4.78, 5) is 34.4. The van der Waals surface area contributed by atoms with Gasteiger partial charge < -0.3 is 15.1 Å². The Bertz CT molecular complexity index is 1470. The lowest BCUT2D eigenvalue weighted by Gasteiger charge is -2.24. The van der Waals surface area contributed by atoms with Crippen molar-refractivity contribution in [2.24, 2.45) is 22.6 Å². The summed E-state index contributed by atoms with van der Waals surface area (Å²) in [6, 6.07) is 12.5. The van der Waals surface area contributed by atoms with Gasteiger partial charge in [-0.15, -0.1) is 0 Å². The van der Waals surface area contributed by atoms with Crippen LogP contribution in [0.4, 0.5) is 4.39 Å². The van der Waals surface area contributed by atoms with Crippen LogP contribution in [0.5, 0.6) is 0 Å². The monoisotopic (exact) mass is 500 g/mol. The Morgan fingerprint density at radius 1 is 1.11 bits per heavy atom. The zero-order valence-electron chi connectivity index (χ0n) is 20.6. The molecule has 3 aromatic rings. The molecular weight excluding hydrogens is 471 g/mol. The maximum absolute atomic E-state index is 15.5. The molecule has 0 unspecified atom stereocenters. The molecule has 2 amide bonds. The number of hydrogen-bond donors (Lipinski definition) is 1. The number of fused-ring (bicyclic) bond motifs is 1. The summed E-state index contributed by atoms with van der Waals surface area (Å²) >= 11 is 0. The summed E-state index contributed by atoms with van der Waals surface area (Å²) in [5.74, 6) is 1.55. The van der Waals surface area contributed by atoms with E-state index in [0.717, 1.165) is 55.2 Å². The molecular formula is C29H29FN4O3. The molecule has 190 valence electrons. The summed E-state index contributed by atoms with van der Waals surface area (Å²) in [7, 11) is 0. The summed E-state index contributed by atoms with van der Waals surface area (Å²) in [6.45, 7) is 2.24. The average molecular weight is 501 g/mol. The van der Waals surface area contributed by atoms with Crippen LogP contribution in [0.15, 0.2) is 51.9 Å². The van der Waals surface area contributed by atoms with Crippen molar-refractivity contribution < 1.29 is 18.4 Å².